The van der Waals surface area contributed by atoms with Gasteiger partial charge in [0.25, 0.3) is 5.91 Å². The zero-order valence-corrected chi connectivity index (χ0v) is 15.1. The summed E-state index contributed by atoms with van der Waals surface area (Å²) in [6.45, 7) is 1.94. The van der Waals surface area contributed by atoms with Crippen LogP contribution < -0.4 is 10.0 Å². The zero-order chi connectivity index (χ0) is 18.4. The van der Waals surface area contributed by atoms with Crippen molar-refractivity contribution in [3.05, 3.63) is 64.4 Å². The molecule has 0 bridgehead atoms. The van der Waals surface area contributed by atoms with Crippen LogP contribution in [0.5, 0.6) is 0 Å². The minimum Gasteiger partial charge on any atom is -0.351 e. The topological polar surface area (TPSA) is 75.3 Å². The Hall–Kier alpha value is -1.96. The number of hydrogen-bond acceptors (Lipinski definition) is 3. The van der Waals surface area contributed by atoms with E-state index in [-0.39, 0.29) is 28.6 Å². The highest BCUT2D eigenvalue weighted by Gasteiger charge is 2.16. The minimum atomic E-state index is -3.67. The fourth-order valence-electron chi connectivity index (χ4n) is 2.15. The van der Waals surface area contributed by atoms with Crippen LogP contribution in [0.2, 0.25) is 5.02 Å². The molecule has 25 heavy (non-hydrogen) atoms. The molecule has 0 saturated heterocycles. The molecular formula is C17H18ClFN2O3S. The maximum Gasteiger partial charge on any atom is 0.255 e. The van der Waals surface area contributed by atoms with Crippen LogP contribution in [0.4, 0.5) is 4.39 Å². The number of rotatable bonds is 7. The molecule has 2 N–H and O–H groups in total. The number of hydrogen-bond donors (Lipinski definition) is 2. The van der Waals surface area contributed by atoms with Crippen molar-refractivity contribution in [2.75, 3.05) is 13.1 Å². The van der Waals surface area contributed by atoms with Gasteiger partial charge < -0.3 is 5.32 Å². The van der Waals surface area contributed by atoms with Gasteiger partial charge in [-0.1, -0.05) is 36.7 Å². The molecule has 0 heterocycles. The molecule has 2 aromatic rings. The fourth-order valence-corrected chi connectivity index (χ4v) is 3.43. The number of benzene rings is 2. The predicted molar refractivity (Wildman–Crippen MR) is 94.8 cm³/mol. The lowest BCUT2D eigenvalue weighted by atomic mass is 10.2. The van der Waals surface area contributed by atoms with Gasteiger partial charge in [0, 0.05) is 13.1 Å². The van der Waals surface area contributed by atoms with Gasteiger partial charge in [0.1, 0.15) is 5.82 Å². The van der Waals surface area contributed by atoms with Crippen molar-refractivity contribution in [2.45, 2.75) is 18.2 Å². The third-order valence-corrected chi connectivity index (χ3v) is 5.33. The van der Waals surface area contributed by atoms with Crippen molar-refractivity contribution in [3.63, 3.8) is 0 Å². The quantitative estimate of drug-likeness (QED) is 0.721. The molecule has 0 fully saturated rings. The number of carbonyl (C=O) groups is 1. The summed E-state index contributed by atoms with van der Waals surface area (Å²) < 4.78 is 40.3. The van der Waals surface area contributed by atoms with Gasteiger partial charge in [0.15, 0.2) is 0 Å². The van der Waals surface area contributed by atoms with Crippen molar-refractivity contribution in [1.29, 1.82) is 0 Å². The number of amides is 1. The first-order chi connectivity index (χ1) is 11.8. The van der Waals surface area contributed by atoms with Crippen molar-refractivity contribution in [1.82, 2.24) is 10.0 Å². The van der Waals surface area contributed by atoms with E-state index in [1.165, 1.54) is 24.3 Å². The van der Waals surface area contributed by atoms with E-state index in [4.69, 9.17) is 11.6 Å². The average molecular weight is 385 g/mol. The third-order valence-electron chi connectivity index (χ3n) is 3.53. The van der Waals surface area contributed by atoms with E-state index in [1.807, 2.05) is 6.92 Å². The lowest BCUT2D eigenvalue weighted by molar-refractivity contribution is 0.0950. The summed E-state index contributed by atoms with van der Waals surface area (Å²) >= 11 is 5.80. The van der Waals surface area contributed by atoms with Crippen LogP contribution in [0.15, 0.2) is 47.4 Å². The Bertz CT molecular complexity index is 834. The van der Waals surface area contributed by atoms with E-state index in [2.05, 4.69) is 10.0 Å². The Morgan fingerprint density at radius 2 is 1.80 bits per heavy atom. The molecule has 0 aliphatic rings. The highest BCUT2D eigenvalue weighted by Crippen LogP contribution is 2.18. The number of carbonyl (C=O) groups excluding carboxylic acids is 1. The van der Waals surface area contributed by atoms with Crippen LogP contribution in [0.1, 0.15) is 22.8 Å². The molecular weight excluding hydrogens is 367 g/mol. The van der Waals surface area contributed by atoms with E-state index >= 15 is 0 Å². The third kappa shape index (κ3) is 5.01. The summed E-state index contributed by atoms with van der Waals surface area (Å²) in [5.74, 6) is -1.43. The SMILES string of the molecule is CCc1ccc(S(=O)(=O)NCCNC(=O)c2c(F)cccc2Cl)cc1. The molecule has 0 radical (unpaired) electrons. The van der Waals surface area contributed by atoms with Gasteiger partial charge in [-0.05, 0) is 36.2 Å². The molecule has 0 saturated carbocycles. The monoisotopic (exact) mass is 384 g/mol. The number of halogens is 2. The van der Waals surface area contributed by atoms with Crippen LogP contribution >= 0.6 is 11.6 Å². The first-order valence-corrected chi connectivity index (χ1v) is 9.52. The van der Waals surface area contributed by atoms with E-state index < -0.39 is 21.7 Å². The van der Waals surface area contributed by atoms with Gasteiger partial charge in [0.05, 0.1) is 15.5 Å². The first kappa shape index (κ1) is 19.4. The Balaban J connectivity index is 1.90. The largest absolute Gasteiger partial charge is 0.351 e. The molecule has 0 aliphatic carbocycles. The van der Waals surface area contributed by atoms with Crippen LogP contribution in [0.3, 0.4) is 0 Å². The maximum absolute atomic E-state index is 13.6. The number of nitrogens with one attached hydrogen (secondary N) is 2. The second-order valence-electron chi connectivity index (χ2n) is 5.25. The molecule has 8 heteroatoms. The van der Waals surface area contributed by atoms with E-state index in [0.29, 0.717) is 0 Å². The highest BCUT2D eigenvalue weighted by atomic mass is 35.5. The predicted octanol–water partition coefficient (Wildman–Crippen LogP) is 2.75. The summed E-state index contributed by atoms with van der Waals surface area (Å²) in [5, 5.41) is 2.43. The van der Waals surface area contributed by atoms with Crippen molar-refractivity contribution in [3.8, 4) is 0 Å². The van der Waals surface area contributed by atoms with Gasteiger partial charge in [-0.15, -0.1) is 0 Å². The minimum absolute atomic E-state index is 0.00420. The Morgan fingerprint density at radius 3 is 2.40 bits per heavy atom. The van der Waals surface area contributed by atoms with E-state index in [0.717, 1.165) is 18.1 Å². The number of aryl methyl sites for hydroxylation is 1. The Morgan fingerprint density at radius 1 is 1.12 bits per heavy atom. The van der Waals surface area contributed by atoms with Gasteiger partial charge in [0.2, 0.25) is 10.0 Å². The van der Waals surface area contributed by atoms with Crippen molar-refractivity contribution < 1.29 is 17.6 Å². The molecule has 5 nitrogen and oxygen atoms in total. The Labute approximate surface area is 151 Å². The van der Waals surface area contributed by atoms with E-state index in [1.54, 1.807) is 12.1 Å². The second kappa shape index (κ2) is 8.42. The number of sulfonamides is 1. The highest BCUT2D eigenvalue weighted by molar-refractivity contribution is 7.89. The molecule has 2 rings (SSSR count). The maximum atomic E-state index is 13.6. The van der Waals surface area contributed by atoms with E-state index in [9.17, 15) is 17.6 Å². The molecule has 2 aromatic carbocycles. The summed E-state index contributed by atoms with van der Waals surface area (Å²) in [6, 6.07) is 10.5. The molecule has 0 aromatic heterocycles. The first-order valence-electron chi connectivity index (χ1n) is 7.66. The van der Waals surface area contributed by atoms with Crippen LogP contribution in [-0.4, -0.2) is 27.4 Å². The summed E-state index contributed by atoms with van der Waals surface area (Å²) in [6.07, 6.45) is 0.818. The van der Waals surface area contributed by atoms with Crippen molar-refractivity contribution in [2.24, 2.45) is 0 Å². The summed E-state index contributed by atoms with van der Waals surface area (Å²) in [5.41, 5.74) is 0.773. The summed E-state index contributed by atoms with van der Waals surface area (Å²) in [7, 11) is -3.67. The lowest BCUT2D eigenvalue weighted by Crippen LogP contribution is -2.35. The lowest BCUT2D eigenvalue weighted by Gasteiger charge is -2.09. The van der Waals surface area contributed by atoms with Gasteiger partial charge in [-0.25, -0.2) is 17.5 Å². The molecule has 0 spiro atoms. The zero-order valence-electron chi connectivity index (χ0n) is 13.6. The smallest absolute Gasteiger partial charge is 0.255 e. The average Bonchev–Trinajstić information content (AvgIpc) is 2.58. The van der Waals surface area contributed by atoms with Gasteiger partial charge in [-0.3, -0.25) is 4.79 Å². The van der Waals surface area contributed by atoms with Gasteiger partial charge >= 0.3 is 0 Å². The molecule has 0 atom stereocenters. The van der Waals surface area contributed by atoms with Crippen LogP contribution in [-0.2, 0) is 16.4 Å². The fraction of sp³-hybridized carbons (Fsp3) is 0.235. The van der Waals surface area contributed by atoms with Crippen molar-refractivity contribution >= 4 is 27.5 Å². The van der Waals surface area contributed by atoms with Gasteiger partial charge in [-0.2, -0.15) is 0 Å². The molecule has 0 aliphatic heterocycles. The van der Waals surface area contributed by atoms with Crippen LogP contribution in [0.25, 0.3) is 0 Å². The van der Waals surface area contributed by atoms with Crippen LogP contribution in [0, 0.1) is 5.82 Å². The molecule has 0 unspecified atom stereocenters. The Kier molecular flexibility index (Phi) is 6.52. The standard InChI is InChI=1S/C17H18ClFN2O3S/c1-2-12-6-8-13(9-7-12)25(23,24)21-11-10-20-17(22)16-14(18)4-3-5-15(16)19/h3-9,21H,2,10-11H2,1H3,(H,20,22). The second-order valence-corrected chi connectivity index (χ2v) is 7.42. The normalized spacial score (nSPS) is 11.3. The molecule has 1 amide bonds. The molecule has 134 valence electrons. The summed E-state index contributed by atoms with van der Waals surface area (Å²) in [4.78, 5) is 12.1.